The van der Waals surface area contributed by atoms with E-state index in [1.807, 2.05) is 0 Å². The van der Waals surface area contributed by atoms with Gasteiger partial charge < -0.3 is 20.1 Å². The van der Waals surface area contributed by atoms with Crippen molar-refractivity contribution in [2.45, 2.75) is 91.9 Å². The van der Waals surface area contributed by atoms with Crippen molar-refractivity contribution in [2.24, 2.45) is 11.8 Å². The Morgan fingerprint density at radius 1 is 0.700 bits per heavy atom. The fourth-order valence-corrected chi connectivity index (χ4v) is 8.36. The highest BCUT2D eigenvalue weighted by Gasteiger charge is 2.31. The van der Waals surface area contributed by atoms with Crippen molar-refractivity contribution in [3.8, 4) is 0 Å². The number of hydrogen-bond acceptors (Lipinski definition) is 8. The van der Waals surface area contributed by atoms with Gasteiger partial charge in [-0.25, -0.2) is 9.59 Å². The predicted octanol–water partition coefficient (Wildman–Crippen LogP) is 6.55. The number of amides is 2. The zero-order chi connectivity index (χ0) is 28.8. The minimum atomic E-state index is -0.415. The molecule has 40 heavy (non-hydrogen) atoms. The molecule has 2 aromatic heterocycles. The molecule has 2 aromatic rings. The van der Waals surface area contributed by atoms with Crippen molar-refractivity contribution in [1.82, 2.24) is 0 Å². The summed E-state index contributed by atoms with van der Waals surface area (Å²) in [5.41, 5.74) is 2.89. The zero-order valence-electron chi connectivity index (χ0n) is 23.9. The average molecular weight is 589 g/mol. The van der Waals surface area contributed by atoms with E-state index in [0.29, 0.717) is 33.0 Å². The number of ether oxygens (including phenoxy) is 2. The summed E-state index contributed by atoms with van der Waals surface area (Å²) in [6.07, 6.45) is 7.46. The molecule has 218 valence electrons. The first kappa shape index (κ1) is 30.2. The molecule has 0 saturated carbocycles. The Kier molecular flexibility index (Phi) is 10.4. The molecule has 2 N–H and O–H groups in total. The van der Waals surface area contributed by atoms with Crippen molar-refractivity contribution in [2.75, 3.05) is 23.8 Å². The van der Waals surface area contributed by atoms with E-state index in [0.717, 1.165) is 72.2 Å². The van der Waals surface area contributed by atoms with Crippen LogP contribution in [0.5, 0.6) is 0 Å². The number of anilines is 2. The molecule has 0 aromatic carbocycles. The van der Waals surface area contributed by atoms with Gasteiger partial charge in [0.25, 0.3) is 0 Å². The number of rotatable bonds is 11. The molecule has 2 aliphatic rings. The molecule has 0 bridgehead atoms. The minimum Gasteiger partial charge on any atom is -0.462 e. The molecule has 0 aliphatic heterocycles. The summed E-state index contributed by atoms with van der Waals surface area (Å²) in [6.45, 7) is 8.39. The van der Waals surface area contributed by atoms with Crippen LogP contribution in [-0.4, -0.2) is 37.0 Å². The third kappa shape index (κ3) is 6.77. The van der Waals surface area contributed by atoms with Crippen LogP contribution in [-0.2, 0) is 44.7 Å². The first-order chi connectivity index (χ1) is 19.3. The molecular formula is C30H40N2O6S2. The number of thiophene rings is 2. The Bertz CT molecular complexity index is 1170. The van der Waals surface area contributed by atoms with E-state index in [1.165, 1.54) is 22.7 Å². The predicted molar refractivity (Wildman–Crippen MR) is 159 cm³/mol. The minimum absolute atomic E-state index is 0.0496. The van der Waals surface area contributed by atoms with Gasteiger partial charge in [0.2, 0.25) is 11.8 Å². The lowest BCUT2D eigenvalue weighted by Crippen LogP contribution is -2.20. The zero-order valence-corrected chi connectivity index (χ0v) is 25.5. The second-order valence-electron chi connectivity index (χ2n) is 10.5. The van der Waals surface area contributed by atoms with Gasteiger partial charge in [-0.1, -0.05) is 26.7 Å². The molecule has 2 heterocycles. The molecule has 0 spiro atoms. The Balaban J connectivity index is 1.43. The molecule has 0 saturated heterocycles. The highest BCUT2D eigenvalue weighted by Crippen LogP contribution is 2.42. The lowest BCUT2D eigenvalue weighted by Gasteiger charge is -2.20. The van der Waals surface area contributed by atoms with E-state index in [4.69, 9.17) is 9.47 Å². The quantitative estimate of drug-likeness (QED) is 0.288. The topological polar surface area (TPSA) is 111 Å². The van der Waals surface area contributed by atoms with Crippen LogP contribution < -0.4 is 10.6 Å². The van der Waals surface area contributed by atoms with Crippen LogP contribution >= 0.6 is 22.7 Å². The Labute approximate surface area is 244 Å². The number of hydrogen-bond donors (Lipinski definition) is 2. The molecule has 4 rings (SSSR count). The highest BCUT2D eigenvalue weighted by molar-refractivity contribution is 7.17. The number of fused-ring (bicyclic) bond motifs is 2. The number of carbonyl (C=O) groups is 4. The van der Waals surface area contributed by atoms with Crippen molar-refractivity contribution >= 4 is 56.4 Å². The summed E-state index contributed by atoms with van der Waals surface area (Å²) in [4.78, 5) is 53.7. The van der Waals surface area contributed by atoms with Gasteiger partial charge >= 0.3 is 11.9 Å². The summed E-state index contributed by atoms with van der Waals surface area (Å²) in [6, 6.07) is 0. The molecule has 0 fully saturated rings. The first-order valence-electron chi connectivity index (χ1n) is 14.5. The molecule has 10 heteroatoms. The SMILES string of the molecule is CCOC(=O)c1c(NC(=O)CCC(=O)Nc2sc3c(c2C(=O)OCC)CCC(CC)C3)sc2c1CCC(CC)C2. The van der Waals surface area contributed by atoms with E-state index in [9.17, 15) is 19.2 Å². The summed E-state index contributed by atoms with van der Waals surface area (Å²) < 4.78 is 10.6. The van der Waals surface area contributed by atoms with Gasteiger partial charge in [0.1, 0.15) is 10.0 Å². The second kappa shape index (κ2) is 13.8. The lowest BCUT2D eigenvalue weighted by molar-refractivity contribution is -0.121. The van der Waals surface area contributed by atoms with Crippen LogP contribution in [0.4, 0.5) is 10.0 Å². The van der Waals surface area contributed by atoms with Gasteiger partial charge in [-0.3, -0.25) is 9.59 Å². The van der Waals surface area contributed by atoms with Crippen LogP contribution in [0.15, 0.2) is 0 Å². The van der Waals surface area contributed by atoms with Gasteiger partial charge in [-0.05, 0) is 75.3 Å². The Morgan fingerprint density at radius 3 is 1.45 bits per heavy atom. The van der Waals surface area contributed by atoms with Crippen molar-refractivity contribution in [3.05, 3.63) is 32.0 Å². The molecule has 2 atom stereocenters. The Morgan fingerprint density at radius 2 is 1.10 bits per heavy atom. The normalized spacial score (nSPS) is 17.9. The largest absolute Gasteiger partial charge is 0.462 e. The number of nitrogens with one attached hydrogen (secondary N) is 2. The molecule has 0 radical (unpaired) electrons. The summed E-state index contributed by atoms with van der Waals surface area (Å²) in [5.74, 6) is -0.364. The first-order valence-corrected chi connectivity index (χ1v) is 16.2. The van der Waals surface area contributed by atoms with Gasteiger partial charge in [-0.2, -0.15) is 0 Å². The summed E-state index contributed by atoms with van der Waals surface area (Å²) >= 11 is 2.89. The highest BCUT2D eigenvalue weighted by atomic mass is 32.1. The lowest BCUT2D eigenvalue weighted by atomic mass is 9.85. The molecule has 2 aliphatic carbocycles. The van der Waals surface area contributed by atoms with E-state index in [2.05, 4.69) is 24.5 Å². The van der Waals surface area contributed by atoms with E-state index in [1.54, 1.807) is 13.8 Å². The van der Waals surface area contributed by atoms with Crippen molar-refractivity contribution in [3.63, 3.8) is 0 Å². The molecule has 8 nitrogen and oxygen atoms in total. The Hall–Kier alpha value is -2.72. The summed E-state index contributed by atoms with van der Waals surface area (Å²) in [7, 11) is 0. The number of esters is 2. The van der Waals surface area contributed by atoms with Gasteiger partial charge in [0.05, 0.1) is 24.3 Å². The van der Waals surface area contributed by atoms with Crippen LogP contribution in [0, 0.1) is 11.8 Å². The number of carbonyl (C=O) groups excluding carboxylic acids is 4. The maximum absolute atomic E-state index is 12.9. The third-order valence-corrected chi connectivity index (χ3v) is 10.3. The van der Waals surface area contributed by atoms with E-state index >= 15 is 0 Å². The van der Waals surface area contributed by atoms with Crippen LogP contribution in [0.1, 0.15) is 108 Å². The van der Waals surface area contributed by atoms with Crippen molar-refractivity contribution in [1.29, 1.82) is 0 Å². The monoisotopic (exact) mass is 588 g/mol. The van der Waals surface area contributed by atoms with Crippen LogP contribution in [0.3, 0.4) is 0 Å². The third-order valence-electron chi connectivity index (χ3n) is 7.93. The standard InChI is InChI=1S/C30H40N2O6S2/c1-5-17-9-11-19-21(15-17)39-27(25(19)29(35)37-7-3)31-23(33)13-14-24(34)32-28-26(30(36)38-8-4)20-12-10-18(6-2)16-22(20)40-28/h17-18H,5-16H2,1-4H3,(H,31,33)(H,32,34). The molecule has 2 unspecified atom stereocenters. The van der Waals surface area contributed by atoms with Crippen LogP contribution in [0.25, 0.3) is 0 Å². The maximum Gasteiger partial charge on any atom is 0.341 e. The smallest absolute Gasteiger partial charge is 0.341 e. The summed E-state index contributed by atoms with van der Waals surface area (Å²) in [5, 5.41) is 6.78. The average Bonchev–Trinajstić information content (AvgIpc) is 3.48. The molecule has 2 amide bonds. The molecular weight excluding hydrogens is 548 g/mol. The van der Waals surface area contributed by atoms with Gasteiger partial charge in [0, 0.05) is 22.6 Å². The van der Waals surface area contributed by atoms with Crippen molar-refractivity contribution < 1.29 is 28.7 Å². The maximum atomic E-state index is 12.9. The van der Waals surface area contributed by atoms with Gasteiger partial charge in [0.15, 0.2) is 0 Å². The fraction of sp³-hybridized carbons (Fsp3) is 0.600. The fourth-order valence-electron chi connectivity index (χ4n) is 5.63. The van der Waals surface area contributed by atoms with E-state index < -0.39 is 11.9 Å². The van der Waals surface area contributed by atoms with Crippen LogP contribution in [0.2, 0.25) is 0 Å². The van der Waals surface area contributed by atoms with E-state index in [-0.39, 0.29) is 37.9 Å². The second-order valence-corrected chi connectivity index (χ2v) is 12.7. The van der Waals surface area contributed by atoms with Gasteiger partial charge in [-0.15, -0.1) is 22.7 Å².